The number of carbonyl (C=O) groups is 1. The Balaban J connectivity index is 2.01. The van der Waals surface area contributed by atoms with Crippen LogP contribution in [0.15, 0.2) is 24.3 Å². The molecule has 3 rings (SSSR count). The fraction of sp³-hybridized carbons (Fsp3) is 0.417. The van der Waals surface area contributed by atoms with E-state index in [1.54, 1.807) is 0 Å². The van der Waals surface area contributed by atoms with Gasteiger partial charge in [0.2, 0.25) is 0 Å². The molecule has 0 heterocycles. The van der Waals surface area contributed by atoms with Gasteiger partial charge in [0.25, 0.3) is 0 Å². The van der Waals surface area contributed by atoms with E-state index >= 15 is 0 Å². The number of benzene rings is 1. The molecule has 14 heavy (non-hydrogen) atoms. The van der Waals surface area contributed by atoms with E-state index in [1.807, 2.05) is 18.2 Å². The Labute approximate surface area is 84.9 Å². The van der Waals surface area contributed by atoms with Crippen molar-refractivity contribution in [1.82, 2.24) is 0 Å². The summed E-state index contributed by atoms with van der Waals surface area (Å²) < 4.78 is 0. The van der Waals surface area contributed by atoms with Crippen LogP contribution in [0.1, 0.15) is 24.8 Å². The van der Waals surface area contributed by atoms with Crippen LogP contribution >= 0.6 is 0 Å². The highest BCUT2D eigenvalue weighted by atomic mass is 16.1. The van der Waals surface area contributed by atoms with Crippen molar-refractivity contribution in [2.24, 2.45) is 5.92 Å². The van der Waals surface area contributed by atoms with Crippen molar-refractivity contribution in [2.75, 3.05) is 0 Å². The SMILES string of the molecule is [B]c1cccc(C23CCC(=O)C2C3)c1. The monoisotopic (exact) mass is 182 g/mol. The minimum atomic E-state index is 0.187. The molecular weight excluding hydrogens is 171 g/mol. The molecule has 2 unspecified atom stereocenters. The molecule has 2 saturated carbocycles. The summed E-state index contributed by atoms with van der Waals surface area (Å²) in [5.74, 6) is 0.761. The number of carbonyl (C=O) groups excluding carboxylic acids is 1. The van der Waals surface area contributed by atoms with Crippen molar-refractivity contribution in [2.45, 2.75) is 24.7 Å². The topological polar surface area (TPSA) is 17.1 Å². The van der Waals surface area contributed by atoms with E-state index in [0.29, 0.717) is 11.7 Å². The molecule has 0 spiro atoms. The van der Waals surface area contributed by atoms with Gasteiger partial charge in [0.05, 0.1) is 0 Å². The van der Waals surface area contributed by atoms with Gasteiger partial charge in [-0.05, 0) is 18.4 Å². The molecule has 1 aromatic carbocycles. The van der Waals surface area contributed by atoms with Crippen LogP contribution in [-0.4, -0.2) is 13.6 Å². The van der Waals surface area contributed by atoms with Crippen LogP contribution in [0.4, 0.5) is 0 Å². The van der Waals surface area contributed by atoms with Crippen molar-refractivity contribution in [3.63, 3.8) is 0 Å². The second-order valence-corrected chi connectivity index (χ2v) is 4.50. The van der Waals surface area contributed by atoms with E-state index in [9.17, 15) is 4.79 Å². The first-order valence-electron chi connectivity index (χ1n) is 5.11. The average Bonchev–Trinajstić information content (AvgIpc) is 2.83. The number of fused-ring (bicyclic) bond motifs is 1. The molecular formula is C12H11BO. The van der Waals surface area contributed by atoms with Gasteiger partial charge in [-0.1, -0.05) is 29.7 Å². The zero-order chi connectivity index (χ0) is 9.76. The van der Waals surface area contributed by atoms with Crippen LogP contribution in [0.2, 0.25) is 0 Å². The Morgan fingerprint density at radius 1 is 1.43 bits per heavy atom. The molecule has 1 nitrogen and oxygen atoms in total. The molecule has 2 atom stereocenters. The summed E-state index contributed by atoms with van der Waals surface area (Å²) in [6.07, 6.45) is 2.84. The molecule has 0 amide bonds. The molecule has 2 aliphatic rings. The molecule has 2 radical (unpaired) electrons. The second-order valence-electron chi connectivity index (χ2n) is 4.50. The molecule has 0 aliphatic heterocycles. The van der Waals surface area contributed by atoms with Crippen LogP contribution < -0.4 is 5.46 Å². The number of hydrogen-bond donors (Lipinski definition) is 0. The number of hydrogen-bond acceptors (Lipinski definition) is 1. The highest BCUT2D eigenvalue weighted by Crippen LogP contribution is 2.62. The minimum Gasteiger partial charge on any atom is -0.299 e. The molecule has 68 valence electrons. The fourth-order valence-electron chi connectivity index (χ4n) is 2.84. The summed E-state index contributed by atoms with van der Waals surface area (Å²) in [5, 5.41) is 0. The van der Waals surface area contributed by atoms with Crippen LogP contribution in [0.5, 0.6) is 0 Å². The van der Waals surface area contributed by atoms with E-state index in [-0.39, 0.29) is 5.41 Å². The molecule has 0 aromatic heterocycles. The van der Waals surface area contributed by atoms with Gasteiger partial charge in [-0.2, -0.15) is 0 Å². The lowest BCUT2D eigenvalue weighted by Crippen LogP contribution is -2.10. The zero-order valence-corrected chi connectivity index (χ0v) is 7.99. The third-order valence-corrected chi connectivity index (χ3v) is 3.74. The van der Waals surface area contributed by atoms with Gasteiger partial charge in [0.1, 0.15) is 13.6 Å². The summed E-state index contributed by atoms with van der Waals surface area (Å²) in [5.41, 5.74) is 2.27. The predicted octanol–water partition coefficient (Wildman–Crippen LogP) is 1.10. The number of Topliss-reactive ketones (excluding diaryl/α,β-unsaturated/α-hetero) is 1. The van der Waals surface area contributed by atoms with Gasteiger partial charge in [-0.25, -0.2) is 0 Å². The number of ketones is 1. The quantitative estimate of drug-likeness (QED) is 0.594. The minimum absolute atomic E-state index is 0.187. The van der Waals surface area contributed by atoms with E-state index in [1.165, 1.54) is 5.56 Å². The van der Waals surface area contributed by atoms with Gasteiger partial charge in [0, 0.05) is 17.8 Å². The molecule has 0 N–H and O–H groups in total. The average molecular weight is 182 g/mol. The van der Waals surface area contributed by atoms with Crippen LogP contribution in [0.3, 0.4) is 0 Å². The molecule has 1 aromatic rings. The summed E-state index contributed by atoms with van der Waals surface area (Å²) >= 11 is 0. The first-order valence-corrected chi connectivity index (χ1v) is 5.11. The molecule has 2 heteroatoms. The standard InChI is InChI=1S/C12H11BO/c13-9-3-1-2-8(6-9)12-5-4-11(14)10(12)7-12/h1-3,6,10H,4-5,7H2. The Morgan fingerprint density at radius 3 is 2.86 bits per heavy atom. The lowest BCUT2D eigenvalue weighted by molar-refractivity contribution is -0.119. The lowest BCUT2D eigenvalue weighted by Gasteiger charge is -2.12. The smallest absolute Gasteiger partial charge is 0.136 e. The number of rotatable bonds is 1. The van der Waals surface area contributed by atoms with E-state index in [0.717, 1.165) is 24.7 Å². The summed E-state index contributed by atoms with van der Waals surface area (Å²) in [6, 6.07) is 8.01. The highest BCUT2D eigenvalue weighted by molar-refractivity contribution is 6.32. The highest BCUT2D eigenvalue weighted by Gasteiger charge is 2.62. The Hall–Kier alpha value is -1.05. The Bertz CT molecular complexity index is 413. The Morgan fingerprint density at radius 2 is 2.29 bits per heavy atom. The maximum absolute atomic E-state index is 11.4. The van der Waals surface area contributed by atoms with E-state index in [4.69, 9.17) is 7.85 Å². The first-order chi connectivity index (χ1) is 6.72. The summed E-state index contributed by atoms with van der Waals surface area (Å²) in [6.45, 7) is 0. The van der Waals surface area contributed by atoms with Crippen molar-refractivity contribution >= 4 is 19.1 Å². The molecule has 0 bridgehead atoms. The second kappa shape index (κ2) is 2.50. The van der Waals surface area contributed by atoms with Crippen LogP contribution in [0.25, 0.3) is 0 Å². The summed E-state index contributed by atoms with van der Waals surface area (Å²) in [4.78, 5) is 11.4. The zero-order valence-electron chi connectivity index (χ0n) is 7.99. The lowest BCUT2D eigenvalue weighted by atomic mass is 9.87. The van der Waals surface area contributed by atoms with Crippen LogP contribution in [-0.2, 0) is 10.2 Å². The van der Waals surface area contributed by atoms with Crippen molar-refractivity contribution in [1.29, 1.82) is 0 Å². The third kappa shape index (κ3) is 0.942. The maximum atomic E-state index is 11.4. The Kier molecular flexibility index (Phi) is 1.48. The largest absolute Gasteiger partial charge is 0.299 e. The van der Waals surface area contributed by atoms with Gasteiger partial charge in [-0.15, -0.1) is 0 Å². The normalized spacial score (nSPS) is 34.3. The van der Waals surface area contributed by atoms with Gasteiger partial charge < -0.3 is 0 Å². The van der Waals surface area contributed by atoms with Gasteiger partial charge in [-0.3, -0.25) is 4.79 Å². The van der Waals surface area contributed by atoms with E-state index in [2.05, 4.69) is 6.07 Å². The molecule has 2 fully saturated rings. The van der Waals surface area contributed by atoms with Crippen molar-refractivity contribution in [3.8, 4) is 0 Å². The predicted molar refractivity (Wildman–Crippen MR) is 55.9 cm³/mol. The van der Waals surface area contributed by atoms with Crippen molar-refractivity contribution in [3.05, 3.63) is 29.8 Å². The fourth-order valence-corrected chi connectivity index (χ4v) is 2.84. The molecule has 2 aliphatic carbocycles. The molecule has 0 saturated heterocycles. The maximum Gasteiger partial charge on any atom is 0.136 e. The van der Waals surface area contributed by atoms with Gasteiger partial charge >= 0.3 is 0 Å². The summed E-state index contributed by atoms with van der Waals surface area (Å²) in [7, 11) is 5.75. The third-order valence-electron chi connectivity index (χ3n) is 3.74. The first kappa shape index (κ1) is 8.28. The van der Waals surface area contributed by atoms with Crippen LogP contribution in [0, 0.1) is 5.92 Å². The van der Waals surface area contributed by atoms with Gasteiger partial charge in [0.15, 0.2) is 0 Å². The van der Waals surface area contributed by atoms with Crippen molar-refractivity contribution < 1.29 is 4.79 Å². The van der Waals surface area contributed by atoms with E-state index < -0.39 is 0 Å².